The average molecular weight is 258 g/mol. The molecule has 2 fully saturated rings. The van der Waals surface area contributed by atoms with Gasteiger partial charge in [0.2, 0.25) is 0 Å². The van der Waals surface area contributed by atoms with Gasteiger partial charge in [-0.3, -0.25) is 4.90 Å². The number of piperidine rings is 1. The first-order valence-electron chi connectivity index (χ1n) is 7.86. The maximum Gasteiger partial charge on any atom is 0.0249 e. The molecule has 1 N–H and O–H groups in total. The molecule has 0 saturated carbocycles. The van der Waals surface area contributed by atoms with Gasteiger partial charge in [0.15, 0.2) is 0 Å². The SMILES string of the molecule is Cc1cccc(CCNC2CCN3CCCCC23)c1. The van der Waals surface area contributed by atoms with Crippen molar-refractivity contribution in [3.8, 4) is 0 Å². The third kappa shape index (κ3) is 3.18. The second-order valence-corrected chi connectivity index (χ2v) is 6.19. The van der Waals surface area contributed by atoms with Crippen LogP contribution in [0.1, 0.15) is 36.8 Å². The van der Waals surface area contributed by atoms with Crippen molar-refractivity contribution < 1.29 is 0 Å². The molecule has 1 aromatic carbocycles. The number of aryl methyl sites for hydroxylation is 1. The van der Waals surface area contributed by atoms with E-state index in [0.29, 0.717) is 0 Å². The van der Waals surface area contributed by atoms with Crippen LogP contribution in [-0.4, -0.2) is 36.6 Å². The lowest BCUT2D eigenvalue weighted by molar-refractivity contribution is 0.181. The van der Waals surface area contributed by atoms with Crippen molar-refractivity contribution >= 4 is 0 Å². The fraction of sp³-hybridized carbons (Fsp3) is 0.647. The summed E-state index contributed by atoms with van der Waals surface area (Å²) in [6.07, 6.45) is 6.75. The normalized spacial score (nSPS) is 27.4. The summed E-state index contributed by atoms with van der Waals surface area (Å²) in [6.45, 7) is 5.94. The van der Waals surface area contributed by atoms with Gasteiger partial charge in [-0.2, -0.15) is 0 Å². The predicted octanol–water partition coefficient (Wildman–Crippen LogP) is 2.75. The predicted molar refractivity (Wildman–Crippen MR) is 80.5 cm³/mol. The van der Waals surface area contributed by atoms with Crippen molar-refractivity contribution in [2.75, 3.05) is 19.6 Å². The van der Waals surface area contributed by atoms with E-state index in [1.807, 2.05) is 0 Å². The zero-order valence-electron chi connectivity index (χ0n) is 12.1. The summed E-state index contributed by atoms with van der Waals surface area (Å²) in [5.74, 6) is 0. The van der Waals surface area contributed by atoms with Gasteiger partial charge in [0.1, 0.15) is 0 Å². The zero-order valence-corrected chi connectivity index (χ0v) is 12.1. The monoisotopic (exact) mass is 258 g/mol. The number of fused-ring (bicyclic) bond motifs is 1. The summed E-state index contributed by atoms with van der Waals surface area (Å²) in [4.78, 5) is 2.70. The average Bonchev–Trinajstić information content (AvgIpc) is 2.83. The molecule has 104 valence electrons. The highest BCUT2D eigenvalue weighted by Crippen LogP contribution is 2.27. The molecular formula is C17H26N2. The van der Waals surface area contributed by atoms with E-state index < -0.39 is 0 Å². The topological polar surface area (TPSA) is 15.3 Å². The van der Waals surface area contributed by atoms with Gasteiger partial charge >= 0.3 is 0 Å². The van der Waals surface area contributed by atoms with Crippen LogP contribution in [-0.2, 0) is 6.42 Å². The molecule has 3 rings (SSSR count). The fourth-order valence-electron chi connectivity index (χ4n) is 3.76. The minimum Gasteiger partial charge on any atom is -0.312 e. The zero-order chi connectivity index (χ0) is 13.1. The number of rotatable bonds is 4. The molecule has 2 saturated heterocycles. The van der Waals surface area contributed by atoms with Gasteiger partial charge in [0.05, 0.1) is 0 Å². The molecule has 2 aliphatic heterocycles. The Morgan fingerprint density at radius 3 is 3.05 bits per heavy atom. The first-order valence-corrected chi connectivity index (χ1v) is 7.86. The van der Waals surface area contributed by atoms with Crippen LogP contribution in [0.4, 0.5) is 0 Å². The molecule has 19 heavy (non-hydrogen) atoms. The largest absolute Gasteiger partial charge is 0.312 e. The lowest BCUT2D eigenvalue weighted by Crippen LogP contribution is -2.45. The summed E-state index contributed by atoms with van der Waals surface area (Å²) < 4.78 is 0. The fourth-order valence-corrected chi connectivity index (χ4v) is 3.76. The molecule has 0 aliphatic carbocycles. The summed E-state index contributed by atoms with van der Waals surface area (Å²) >= 11 is 0. The van der Waals surface area contributed by atoms with Crippen LogP contribution < -0.4 is 5.32 Å². The van der Waals surface area contributed by atoms with Gasteiger partial charge in [0, 0.05) is 18.6 Å². The summed E-state index contributed by atoms with van der Waals surface area (Å²) in [6, 6.07) is 10.5. The van der Waals surface area contributed by atoms with E-state index in [1.165, 1.54) is 49.9 Å². The Morgan fingerprint density at radius 1 is 1.21 bits per heavy atom. The minimum atomic E-state index is 0.741. The third-order valence-electron chi connectivity index (χ3n) is 4.76. The molecule has 1 aromatic rings. The van der Waals surface area contributed by atoms with Gasteiger partial charge in [-0.25, -0.2) is 0 Å². The first kappa shape index (κ1) is 13.1. The Balaban J connectivity index is 1.47. The Kier molecular flexibility index (Phi) is 4.19. The molecule has 0 spiro atoms. The lowest BCUT2D eigenvalue weighted by Gasteiger charge is -2.32. The Labute approximate surface area is 117 Å². The van der Waals surface area contributed by atoms with E-state index in [-0.39, 0.29) is 0 Å². The van der Waals surface area contributed by atoms with Crippen LogP contribution in [0.15, 0.2) is 24.3 Å². The Hall–Kier alpha value is -0.860. The molecule has 0 aromatic heterocycles. The van der Waals surface area contributed by atoms with Crippen molar-refractivity contribution in [2.45, 2.75) is 51.1 Å². The number of hydrogen-bond donors (Lipinski definition) is 1. The van der Waals surface area contributed by atoms with E-state index in [9.17, 15) is 0 Å². The summed E-state index contributed by atoms with van der Waals surface area (Å²) in [7, 11) is 0. The quantitative estimate of drug-likeness (QED) is 0.893. The molecule has 2 aliphatic rings. The molecule has 2 heteroatoms. The van der Waals surface area contributed by atoms with Crippen LogP contribution in [0.3, 0.4) is 0 Å². The molecular weight excluding hydrogens is 232 g/mol. The summed E-state index contributed by atoms with van der Waals surface area (Å²) in [5, 5.41) is 3.81. The second-order valence-electron chi connectivity index (χ2n) is 6.19. The molecule has 2 unspecified atom stereocenters. The number of nitrogens with one attached hydrogen (secondary N) is 1. The number of benzene rings is 1. The molecule has 0 amide bonds. The lowest BCUT2D eigenvalue weighted by atomic mass is 9.99. The third-order valence-corrected chi connectivity index (χ3v) is 4.76. The van der Waals surface area contributed by atoms with E-state index in [2.05, 4.69) is 41.4 Å². The molecule has 2 nitrogen and oxygen atoms in total. The van der Waals surface area contributed by atoms with Crippen LogP contribution in [0, 0.1) is 6.92 Å². The highest BCUT2D eigenvalue weighted by Gasteiger charge is 2.34. The minimum absolute atomic E-state index is 0.741. The molecule has 2 atom stereocenters. The van der Waals surface area contributed by atoms with E-state index >= 15 is 0 Å². The van der Waals surface area contributed by atoms with E-state index in [1.54, 1.807) is 0 Å². The second kappa shape index (κ2) is 6.06. The first-order chi connectivity index (χ1) is 9.33. The maximum atomic E-state index is 3.81. The molecule has 0 radical (unpaired) electrons. The van der Waals surface area contributed by atoms with E-state index in [0.717, 1.165) is 25.0 Å². The van der Waals surface area contributed by atoms with Gasteiger partial charge in [-0.1, -0.05) is 36.2 Å². The van der Waals surface area contributed by atoms with Crippen LogP contribution >= 0.6 is 0 Å². The molecule has 2 heterocycles. The van der Waals surface area contributed by atoms with Crippen molar-refractivity contribution in [1.29, 1.82) is 0 Å². The standard InChI is InChI=1S/C17H26N2/c1-14-5-4-6-15(13-14)8-10-18-16-9-12-19-11-3-2-7-17(16)19/h4-6,13,16-18H,2-3,7-12H2,1H3. The van der Waals surface area contributed by atoms with Gasteiger partial charge in [-0.15, -0.1) is 0 Å². The van der Waals surface area contributed by atoms with Crippen molar-refractivity contribution in [1.82, 2.24) is 10.2 Å². The Morgan fingerprint density at radius 2 is 2.16 bits per heavy atom. The number of nitrogens with zero attached hydrogens (tertiary/aromatic N) is 1. The van der Waals surface area contributed by atoms with Crippen LogP contribution in [0.25, 0.3) is 0 Å². The van der Waals surface area contributed by atoms with Crippen LogP contribution in [0.2, 0.25) is 0 Å². The van der Waals surface area contributed by atoms with Crippen LogP contribution in [0.5, 0.6) is 0 Å². The summed E-state index contributed by atoms with van der Waals surface area (Å²) in [5.41, 5.74) is 2.84. The van der Waals surface area contributed by atoms with Gasteiger partial charge < -0.3 is 5.32 Å². The number of hydrogen-bond acceptors (Lipinski definition) is 2. The highest BCUT2D eigenvalue weighted by atomic mass is 15.2. The van der Waals surface area contributed by atoms with Crippen molar-refractivity contribution in [3.05, 3.63) is 35.4 Å². The Bertz CT molecular complexity index is 415. The van der Waals surface area contributed by atoms with Gasteiger partial charge in [0.25, 0.3) is 0 Å². The van der Waals surface area contributed by atoms with Crippen molar-refractivity contribution in [3.63, 3.8) is 0 Å². The van der Waals surface area contributed by atoms with Crippen molar-refractivity contribution in [2.24, 2.45) is 0 Å². The maximum absolute atomic E-state index is 3.81. The molecule has 0 bridgehead atoms. The smallest absolute Gasteiger partial charge is 0.0249 e. The highest BCUT2D eigenvalue weighted by molar-refractivity contribution is 5.22. The van der Waals surface area contributed by atoms with E-state index in [4.69, 9.17) is 0 Å². The van der Waals surface area contributed by atoms with Gasteiger partial charge in [-0.05, 0) is 51.3 Å².